The van der Waals surface area contributed by atoms with Crippen LogP contribution in [0, 0.1) is 12.8 Å². The topological polar surface area (TPSA) is 47.1 Å². The summed E-state index contributed by atoms with van der Waals surface area (Å²) in [6.45, 7) is 7.21. The largest absolute Gasteiger partial charge is 0.356 e. The van der Waals surface area contributed by atoms with Crippen molar-refractivity contribution in [3.05, 3.63) is 11.3 Å². The van der Waals surface area contributed by atoms with E-state index in [1.165, 1.54) is 24.2 Å². The van der Waals surface area contributed by atoms with E-state index in [0.29, 0.717) is 6.54 Å². The molecule has 1 unspecified atom stereocenters. The molecule has 0 amide bonds. The predicted octanol–water partition coefficient (Wildman–Crippen LogP) is 1.42. The minimum atomic E-state index is 0.583. The normalized spacial score (nSPS) is 21.5. The van der Waals surface area contributed by atoms with Gasteiger partial charge in [-0.2, -0.15) is 5.10 Å². The summed E-state index contributed by atoms with van der Waals surface area (Å²) in [5.41, 5.74) is 8.10. The summed E-state index contributed by atoms with van der Waals surface area (Å²) < 4.78 is 1.98. The lowest BCUT2D eigenvalue weighted by atomic mass is 10.00. The van der Waals surface area contributed by atoms with Gasteiger partial charge in [0, 0.05) is 32.2 Å². The molecule has 1 atom stereocenters. The van der Waals surface area contributed by atoms with Crippen LogP contribution in [-0.2, 0) is 13.6 Å². The molecular formula is C12H22N4. The fourth-order valence-electron chi connectivity index (χ4n) is 2.71. The van der Waals surface area contributed by atoms with E-state index in [2.05, 4.69) is 16.9 Å². The van der Waals surface area contributed by atoms with Crippen LogP contribution in [0.3, 0.4) is 0 Å². The molecule has 1 aliphatic rings. The van der Waals surface area contributed by atoms with Crippen LogP contribution in [0.4, 0.5) is 5.82 Å². The van der Waals surface area contributed by atoms with E-state index in [1.54, 1.807) is 0 Å². The molecule has 2 rings (SSSR count). The summed E-state index contributed by atoms with van der Waals surface area (Å²) in [6, 6.07) is 0. The van der Waals surface area contributed by atoms with Crippen LogP contribution in [0.5, 0.6) is 0 Å². The Morgan fingerprint density at radius 3 is 2.88 bits per heavy atom. The van der Waals surface area contributed by atoms with E-state index in [9.17, 15) is 0 Å². The van der Waals surface area contributed by atoms with Crippen LogP contribution in [-0.4, -0.2) is 22.9 Å². The smallest absolute Gasteiger partial charge is 0.131 e. The Kier molecular flexibility index (Phi) is 3.19. The molecule has 0 bridgehead atoms. The second-order valence-electron chi connectivity index (χ2n) is 4.91. The number of hydrogen-bond acceptors (Lipinski definition) is 3. The summed E-state index contributed by atoms with van der Waals surface area (Å²) in [6.07, 6.45) is 2.61. The lowest BCUT2D eigenvalue weighted by molar-refractivity contribution is 0.440. The number of rotatable bonds is 2. The molecule has 2 heterocycles. The highest BCUT2D eigenvalue weighted by molar-refractivity contribution is 5.50. The van der Waals surface area contributed by atoms with E-state index >= 15 is 0 Å². The molecule has 1 aromatic heterocycles. The summed E-state index contributed by atoms with van der Waals surface area (Å²) in [4.78, 5) is 2.44. The molecule has 0 aliphatic carbocycles. The van der Waals surface area contributed by atoms with Crippen molar-refractivity contribution < 1.29 is 0 Å². The lowest BCUT2D eigenvalue weighted by Crippen LogP contribution is -2.36. The van der Waals surface area contributed by atoms with Crippen molar-refractivity contribution in [2.24, 2.45) is 18.7 Å². The van der Waals surface area contributed by atoms with Gasteiger partial charge in [-0.3, -0.25) is 4.68 Å². The van der Waals surface area contributed by atoms with E-state index in [-0.39, 0.29) is 0 Å². The van der Waals surface area contributed by atoms with Gasteiger partial charge in [-0.1, -0.05) is 6.92 Å². The zero-order valence-corrected chi connectivity index (χ0v) is 10.5. The fourth-order valence-corrected chi connectivity index (χ4v) is 2.71. The highest BCUT2D eigenvalue weighted by Crippen LogP contribution is 2.27. The predicted molar refractivity (Wildman–Crippen MR) is 66.4 cm³/mol. The van der Waals surface area contributed by atoms with E-state index in [4.69, 9.17) is 5.73 Å². The minimum Gasteiger partial charge on any atom is -0.356 e. The van der Waals surface area contributed by atoms with Crippen LogP contribution >= 0.6 is 0 Å². The third-order valence-electron chi connectivity index (χ3n) is 3.47. The number of aromatic nitrogens is 2. The minimum absolute atomic E-state index is 0.583. The van der Waals surface area contributed by atoms with E-state index < -0.39 is 0 Å². The van der Waals surface area contributed by atoms with E-state index in [0.717, 1.165) is 24.7 Å². The second kappa shape index (κ2) is 4.45. The number of hydrogen-bond donors (Lipinski definition) is 1. The van der Waals surface area contributed by atoms with Gasteiger partial charge in [-0.25, -0.2) is 0 Å². The Morgan fingerprint density at radius 1 is 1.50 bits per heavy atom. The van der Waals surface area contributed by atoms with Crippen molar-refractivity contribution >= 4 is 5.82 Å². The van der Waals surface area contributed by atoms with Crippen molar-refractivity contribution in [3.8, 4) is 0 Å². The first kappa shape index (κ1) is 11.5. The molecule has 1 aliphatic heterocycles. The first-order valence-corrected chi connectivity index (χ1v) is 6.11. The molecule has 0 aromatic carbocycles. The standard InChI is InChI=1S/C12H22N4/c1-9-5-4-6-16(8-9)12-11(7-13)10(2)14-15(12)3/h9H,4-8,13H2,1-3H3. The molecule has 1 saturated heterocycles. The third-order valence-corrected chi connectivity index (χ3v) is 3.47. The molecule has 4 heteroatoms. The molecule has 1 fully saturated rings. The quantitative estimate of drug-likeness (QED) is 0.823. The fraction of sp³-hybridized carbons (Fsp3) is 0.750. The van der Waals surface area contributed by atoms with Crippen LogP contribution in [0.1, 0.15) is 31.0 Å². The molecule has 90 valence electrons. The first-order valence-electron chi connectivity index (χ1n) is 6.11. The summed E-state index contributed by atoms with van der Waals surface area (Å²) >= 11 is 0. The highest BCUT2D eigenvalue weighted by atomic mass is 15.4. The van der Waals surface area contributed by atoms with Gasteiger partial charge in [-0.15, -0.1) is 0 Å². The number of anilines is 1. The number of nitrogens with two attached hydrogens (primary N) is 1. The third kappa shape index (κ3) is 1.94. The Hall–Kier alpha value is -1.03. The molecule has 0 saturated carbocycles. The average molecular weight is 222 g/mol. The maximum Gasteiger partial charge on any atom is 0.131 e. The number of piperidine rings is 1. The van der Waals surface area contributed by atoms with Crippen LogP contribution in [0.25, 0.3) is 0 Å². The Bertz CT molecular complexity index is 369. The Morgan fingerprint density at radius 2 is 2.25 bits per heavy atom. The van der Waals surface area contributed by atoms with Gasteiger partial charge in [0.15, 0.2) is 0 Å². The summed E-state index contributed by atoms with van der Waals surface area (Å²) in [7, 11) is 2.01. The van der Waals surface area contributed by atoms with Gasteiger partial charge >= 0.3 is 0 Å². The molecule has 2 N–H and O–H groups in total. The van der Waals surface area contributed by atoms with Crippen LogP contribution < -0.4 is 10.6 Å². The Balaban J connectivity index is 2.31. The molecular weight excluding hydrogens is 200 g/mol. The highest BCUT2D eigenvalue weighted by Gasteiger charge is 2.22. The SMILES string of the molecule is Cc1nn(C)c(N2CCCC(C)C2)c1CN. The van der Waals surface area contributed by atoms with Crippen molar-refractivity contribution in [1.82, 2.24) is 9.78 Å². The van der Waals surface area contributed by atoms with Crippen molar-refractivity contribution in [2.75, 3.05) is 18.0 Å². The first-order chi connectivity index (χ1) is 7.63. The summed E-state index contributed by atoms with van der Waals surface area (Å²) in [5.74, 6) is 2.00. The van der Waals surface area contributed by atoms with Gasteiger partial charge in [0.1, 0.15) is 5.82 Å². The van der Waals surface area contributed by atoms with Gasteiger partial charge in [-0.05, 0) is 25.7 Å². The van der Waals surface area contributed by atoms with Crippen LogP contribution in [0.15, 0.2) is 0 Å². The Labute approximate surface area is 97.4 Å². The van der Waals surface area contributed by atoms with Crippen LogP contribution in [0.2, 0.25) is 0 Å². The van der Waals surface area contributed by atoms with Gasteiger partial charge in [0.05, 0.1) is 5.69 Å². The zero-order chi connectivity index (χ0) is 11.7. The maximum atomic E-state index is 5.83. The van der Waals surface area contributed by atoms with Gasteiger partial charge in [0.2, 0.25) is 0 Å². The maximum absolute atomic E-state index is 5.83. The van der Waals surface area contributed by atoms with Crippen molar-refractivity contribution in [1.29, 1.82) is 0 Å². The summed E-state index contributed by atoms with van der Waals surface area (Å²) in [5, 5.41) is 4.48. The molecule has 1 aromatic rings. The molecule has 4 nitrogen and oxygen atoms in total. The monoisotopic (exact) mass is 222 g/mol. The van der Waals surface area contributed by atoms with Gasteiger partial charge < -0.3 is 10.6 Å². The van der Waals surface area contributed by atoms with Crippen molar-refractivity contribution in [3.63, 3.8) is 0 Å². The average Bonchev–Trinajstić information content (AvgIpc) is 2.52. The number of nitrogens with zero attached hydrogens (tertiary/aromatic N) is 3. The zero-order valence-electron chi connectivity index (χ0n) is 10.5. The number of aryl methyl sites for hydroxylation is 2. The molecule has 16 heavy (non-hydrogen) atoms. The van der Waals surface area contributed by atoms with Crippen molar-refractivity contribution in [2.45, 2.75) is 33.2 Å². The van der Waals surface area contributed by atoms with Gasteiger partial charge in [0.25, 0.3) is 0 Å². The van der Waals surface area contributed by atoms with E-state index in [1.807, 2.05) is 18.7 Å². The lowest BCUT2D eigenvalue weighted by Gasteiger charge is -2.33. The molecule has 0 radical (unpaired) electrons. The molecule has 0 spiro atoms. The second-order valence-corrected chi connectivity index (χ2v) is 4.91.